The first kappa shape index (κ1) is 20.2. The Labute approximate surface area is 134 Å². The smallest absolute Gasteiger partial charge is 0.397 e. The van der Waals surface area contributed by atoms with Crippen LogP contribution in [-0.2, 0) is 5.67 Å². The minimum absolute atomic E-state index is 0.0384. The van der Waals surface area contributed by atoms with Crippen LogP contribution in [0.2, 0.25) is 0 Å². The van der Waals surface area contributed by atoms with E-state index in [1.807, 2.05) is 0 Å². The number of hydrogen-bond donors (Lipinski definition) is 1. The molecule has 0 spiro atoms. The first-order chi connectivity index (χ1) is 10.0. The monoisotopic (exact) mass is 439 g/mol. The molecule has 0 aromatic heterocycles. The minimum atomic E-state index is -6.44. The van der Waals surface area contributed by atoms with Crippen molar-refractivity contribution in [1.29, 1.82) is 0 Å². The van der Waals surface area contributed by atoms with Crippen LogP contribution < -0.4 is 5.73 Å². The number of nitrogens with two attached hydrogens (primary N) is 1. The number of alkyl halides is 10. The normalized spacial score (nSPS) is 14.2. The van der Waals surface area contributed by atoms with Crippen LogP contribution in [0.4, 0.5) is 49.6 Å². The molecule has 13 heteroatoms. The zero-order valence-electron chi connectivity index (χ0n) is 10.3. The number of halogens is 11. The number of hydrogen-bond acceptors (Lipinski definition) is 2. The van der Waals surface area contributed by atoms with Crippen LogP contribution in [-0.4, -0.2) is 17.9 Å². The molecule has 0 unspecified atom stereocenters. The van der Waals surface area contributed by atoms with Crippen LogP contribution in [0, 0.1) is 0 Å². The van der Waals surface area contributed by atoms with Gasteiger partial charge in [0.2, 0.25) is 0 Å². The van der Waals surface area contributed by atoms with E-state index < -0.39 is 55.9 Å². The van der Waals surface area contributed by atoms with Crippen LogP contribution in [0.25, 0.3) is 0 Å². The molecule has 0 bridgehead atoms. The van der Waals surface area contributed by atoms with E-state index in [1.54, 1.807) is 0 Å². The Morgan fingerprint density at radius 1 is 0.826 bits per heavy atom. The highest BCUT2D eigenvalue weighted by Gasteiger charge is 2.73. The van der Waals surface area contributed by atoms with Crippen molar-refractivity contribution in [3.63, 3.8) is 0 Å². The van der Waals surface area contributed by atoms with Crippen molar-refractivity contribution < 1.29 is 43.9 Å². The maximum Gasteiger partial charge on any atom is 0.446 e. The molecule has 0 aliphatic carbocycles. The SMILES string of the molecule is Nc1c(Br)cc(C(F)(C(F)(F)F)C(F)(F)F)cc1SC(F)(F)F. The molecule has 0 radical (unpaired) electrons. The molecule has 1 rings (SSSR count). The maximum absolute atomic E-state index is 13.9. The molecule has 0 aliphatic heterocycles. The van der Waals surface area contributed by atoms with Crippen molar-refractivity contribution >= 4 is 33.4 Å². The Bertz CT molecular complexity index is 577. The predicted molar refractivity (Wildman–Crippen MR) is 65.4 cm³/mol. The average molecular weight is 440 g/mol. The van der Waals surface area contributed by atoms with Crippen molar-refractivity contribution in [2.45, 2.75) is 28.4 Å². The summed E-state index contributed by atoms with van der Waals surface area (Å²) in [5.74, 6) is 0. The molecular formula is C10H4BrF10NS. The molecule has 2 N–H and O–H groups in total. The fourth-order valence-corrected chi connectivity index (χ4v) is 2.74. The first-order valence-corrected chi connectivity index (χ1v) is 6.79. The fraction of sp³-hybridized carbons (Fsp3) is 0.400. The minimum Gasteiger partial charge on any atom is -0.397 e. The summed E-state index contributed by atoms with van der Waals surface area (Å²) in [6.45, 7) is 0. The van der Waals surface area contributed by atoms with Gasteiger partial charge in [0.15, 0.2) is 0 Å². The number of rotatable bonds is 2. The van der Waals surface area contributed by atoms with Crippen molar-refractivity contribution in [3.05, 3.63) is 22.2 Å². The van der Waals surface area contributed by atoms with Gasteiger partial charge in [0.1, 0.15) is 0 Å². The van der Waals surface area contributed by atoms with E-state index in [0.717, 1.165) is 0 Å². The number of benzene rings is 1. The van der Waals surface area contributed by atoms with Gasteiger partial charge >= 0.3 is 23.5 Å². The van der Waals surface area contributed by atoms with Gasteiger partial charge in [-0.2, -0.15) is 39.5 Å². The second-order valence-corrected chi connectivity index (χ2v) is 6.03. The third kappa shape index (κ3) is 3.98. The quantitative estimate of drug-likeness (QED) is 0.351. The lowest BCUT2D eigenvalue weighted by Gasteiger charge is -2.31. The zero-order chi connectivity index (χ0) is 18.4. The summed E-state index contributed by atoms with van der Waals surface area (Å²) >= 11 is 1.36. The highest BCUT2D eigenvalue weighted by molar-refractivity contribution is 9.10. The summed E-state index contributed by atoms with van der Waals surface area (Å²) in [4.78, 5) is -1.20. The summed E-state index contributed by atoms with van der Waals surface area (Å²) in [5, 5.41) is 0. The molecule has 0 saturated heterocycles. The second-order valence-electron chi connectivity index (χ2n) is 4.07. The summed E-state index contributed by atoms with van der Waals surface area (Å²) in [6, 6.07) is -0.185. The topological polar surface area (TPSA) is 26.0 Å². The third-order valence-electron chi connectivity index (χ3n) is 2.50. The van der Waals surface area contributed by atoms with Crippen molar-refractivity contribution in [2.24, 2.45) is 0 Å². The Balaban J connectivity index is 3.64. The maximum atomic E-state index is 13.9. The van der Waals surface area contributed by atoms with E-state index in [-0.39, 0.29) is 12.1 Å². The fourth-order valence-electron chi connectivity index (χ4n) is 1.49. The van der Waals surface area contributed by atoms with Gasteiger partial charge in [-0.25, -0.2) is 4.39 Å². The number of thioether (sulfide) groups is 1. The van der Waals surface area contributed by atoms with Crippen molar-refractivity contribution in [3.8, 4) is 0 Å². The van der Waals surface area contributed by atoms with Crippen LogP contribution in [0.5, 0.6) is 0 Å². The summed E-state index contributed by atoms with van der Waals surface area (Å²) in [6.07, 6.45) is -12.9. The van der Waals surface area contributed by atoms with Crippen molar-refractivity contribution in [2.75, 3.05) is 5.73 Å². The van der Waals surface area contributed by atoms with Gasteiger partial charge in [-0.15, -0.1) is 0 Å². The predicted octanol–water partition coefficient (Wildman–Crippen LogP) is 5.93. The molecule has 0 atom stereocenters. The third-order valence-corrected chi connectivity index (χ3v) is 3.94. The lowest BCUT2D eigenvalue weighted by molar-refractivity contribution is -0.348. The van der Waals surface area contributed by atoms with E-state index in [0.29, 0.717) is 0 Å². The van der Waals surface area contributed by atoms with Gasteiger partial charge in [0, 0.05) is 14.9 Å². The average Bonchev–Trinajstić information content (AvgIpc) is 2.29. The van der Waals surface area contributed by atoms with E-state index in [1.165, 1.54) is 0 Å². The standard InChI is InChI=1S/C10H4BrF10NS/c11-4-1-3(2-5(6(4)22)23-10(19,20)21)7(12,8(13,14)15)9(16,17)18/h1-2H,22H2. The lowest BCUT2D eigenvalue weighted by Crippen LogP contribution is -2.50. The molecular weight excluding hydrogens is 436 g/mol. The molecule has 1 aromatic carbocycles. The van der Waals surface area contributed by atoms with Gasteiger partial charge in [0.05, 0.1) is 5.69 Å². The molecule has 0 saturated carbocycles. The molecule has 0 aliphatic rings. The summed E-state index contributed by atoms with van der Waals surface area (Å²) in [5.41, 5.74) is -8.58. The van der Waals surface area contributed by atoms with Crippen LogP contribution in [0.3, 0.4) is 0 Å². The largest absolute Gasteiger partial charge is 0.446 e. The van der Waals surface area contributed by atoms with Gasteiger partial charge in [-0.3, -0.25) is 0 Å². The van der Waals surface area contributed by atoms with E-state index in [4.69, 9.17) is 5.73 Å². The molecule has 1 nitrogen and oxygen atoms in total. The Morgan fingerprint density at radius 2 is 1.26 bits per heavy atom. The van der Waals surface area contributed by atoms with Gasteiger partial charge < -0.3 is 5.73 Å². The van der Waals surface area contributed by atoms with Gasteiger partial charge in [0.25, 0.3) is 0 Å². The Morgan fingerprint density at radius 3 is 1.61 bits per heavy atom. The van der Waals surface area contributed by atoms with E-state index in [9.17, 15) is 43.9 Å². The molecule has 132 valence electrons. The Hall–Kier alpha value is -0.850. The second kappa shape index (κ2) is 5.90. The van der Waals surface area contributed by atoms with E-state index in [2.05, 4.69) is 15.9 Å². The zero-order valence-corrected chi connectivity index (χ0v) is 12.7. The van der Waals surface area contributed by atoms with Gasteiger partial charge in [-0.1, -0.05) is 0 Å². The highest BCUT2D eigenvalue weighted by atomic mass is 79.9. The van der Waals surface area contributed by atoms with Crippen molar-refractivity contribution in [1.82, 2.24) is 0 Å². The first-order valence-electron chi connectivity index (χ1n) is 5.18. The summed E-state index contributed by atoms with van der Waals surface area (Å²) < 4.78 is 126. The van der Waals surface area contributed by atoms with Gasteiger partial charge in [-0.05, 0) is 39.8 Å². The summed E-state index contributed by atoms with van der Waals surface area (Å²) in [7, 11) is 0. The van der Waals surface area contributed by atoms with Crippen LogP contribution in [0.1, 0.15) is 5.56 Å². The van der Waals surface area contributed by atoms with E-state index >= 15 is 0 Å². The molecule has 0 amide bonds. The number of nitrogen functional groups attached to an aromatic ring is 1. The molecule has 0 fully saturated rings. The lowest BCUT2D eigenvalue weighted by atomic mass is 9.94. The number of anilines is 1. The van der Waals surface area contributed by atoms with Crippen LogP contribution >= 0.6 is 27.7 Å². The van der Waals surface area contributed by atoms with Crippen LogP contribution in [0.15, 0.2) is 21.5 Å². The molecule has 1 aromatic rings. The molecule has 23 heavy (non-hydrogen) atoms. The molecule has 0 heterocycles. The Kier molecular flexibility index (Phi) is 5.18. The highest BCUT2D eigenvalue weighted by Crippen LogP contribution is 2.55.